The van der Waals surface area contributed by atoms with Gasteiger partial charge in [-0.3, -0.25) is 0 Å². The molecule has 1 heterocycles. The number of rotatable bonds is 6. The van der Waals surface area contributed by atoms with Crippen molar-refractivity contribution in [2.75, 3.05) is 27.2 Å². The maximum atomic E-state index is 10.1. The SMILES string of the molecule is Cc1nc(C)c(CNCC(C)(O)CN(C)C)s1. The van der Waals surface area contributed by atoms with E-state index in [1.807, 2.05) is 39.8 Å². The summed E-state index contributed by atoms with van der Waals surface area (Å²) >= 11 is 1.71. The topological polar surface area (TPSA) is 48.4 Å². The van der Waals surface area contributed by atoms with Gasteiger partial charge in [0.2, 0.25) is 0 Å². The monoisotopic (exact) mass is 257 g/mol. The Hall–Kier alpha value is -0.490. The van der Waals surface area contributed by atoms with E-state index >= 15 is 0 Å². The minimum atomic E-state index is -0.697. The first-order valence-corrected chi connectivity index (χ1v) is 6.62. The second-order valence-electron chi connectivity index (χ2n) is 5.08. The van der Waals surface area contributed by atoms with Crippen molar-refractivity contribution < 1.29 is 5.11 Å². The molecule has 98 valence electrons. The highest BCUT2D eigenvalue weighted by molar-refractivity contribution is 7.11. The number of nitrogens with zero attached hydrogens (tertiary/aromatic N) is 2. The van der Waals surface area contributed by atoms with Crippen LogP contribution in [-0.2, 0) is 6.54 Å². The van der Waals surface area contributed by atoms with E-state index in [0.717, 1.165) is 17.2 Å². The lowest BCUT2D eigenvalue weighted by atomic mass is 10.1. The molecule has 0 saturated heterocycles. The highest BCUT2D eigenvalue weighted by Crippen LogP contribution is 2.16. The molecule has 0 bridgehead atoms. The summed E-state index contributed by atoms with van der Waals surface area (Å²) in [5.74, 6) is 0. The fraction of sp³-hybridized carbons (Fsp3) is 0.750. The molecule has 0 aliphatic rings. The van der Waals surface area contributed by atoms with Gasteiger partial charge in [0.25, 0.3) is 0 Å². The predicted octanol–water partition coefficient (Wildman–Crippen LogP) is 1.16. The maximum Gasteiger partial charge on any atom is 0.0900 e. The van der Waals surface area contributed by atoms with Crippen LogP contribution in [-0.4, -0.2) is 47.8 Å². The molecule has 0 aliphatic carbocycles. The predicted molar refractivity (Wildman–Crippen MR) is 72.5 cm³/mol. The van der Waals surface area contributed by atoms with Crippen LogP contribution in [0.4, 0.5) is 0 Å². The first-order chi connectivity index (χ1) is 7.80. The van der Waals surface area contributed by atoms with E-state index in [9.17, 15) is 5.11 Å². The molecule has 1 aromatic heterocycles. The maximum absolute atomic E-state index is 10.1. The molecule has 1 rings (SSSR count). The van der Waals surface area contributed by atoms with Crippen LogP contribution in [0, 0.1) is 13.8 Å². The number of likely N-dealkylation sites (N-methyl/N-ethyl adjacent to an activating group) is 1. The van der Waals surface area contributed by atoms with Crippen LogP contribution in [0.3, 0.4) is 0 Å². The summed E-state index contributed by atoms with van der Waals surface area (Å²) in [5.41, 5.74) is 0.393. The largest absolute Gasteiger partial charge is 0.388 e. The second-order valence-corrected chi connectivity index (χ2v) is 6.37. The van der Waals surface area contributed by atoms with Gasteiger partial charge < -0.3 is 15.3 Å². The van der Waals surface area contributed by atoms with Gasteiger partial charge in [0.1, 0.15) is 0 Å². The molecule has 4 nitrogen and oxygen atoms in total. The van der Waals surface area contributed by atoms with Crippen molar-refractivity contribution in [1.29, 1.82) is 0 Å². The van der Waals surface area contributed by atoms with Gasteiger partial charge in [0.15, 0.2) is 0 Å². The van der Waals surface area contributed by atoms with Gasteiger partial charge in [-0.25, -0.2) is 4.98 Å². The lowest BCUT2D eigenvalue weighted by Crippen LogP contribution is -2.45. The van der Waals surface area contributed by atoms with Crippen molar-refractivity contribution in [2.24, 2.45) is 0 Å². The van der Waals surface area contributed by atoms with E-state index in [2.05, 4.69) is 10.3 Å². The van der Waals surface area contributed by atoms with Gasteiger partial charge in [0.05, 0.1) is 16.3 Å². The summed E-state index contributed by atoms with van der Waals surface area (Å²) in [6, 6.07) is 0. The Labute approximate surface area is 108 Å². The zero-order valence-electron chi connectivity index (χ0n) is 11.4. The van der Waals surface area contributed by atoms with E-state index in [1.165, 1.54) is 4.88 Å². The Morgan fingerprint density at radius 2 is 2.06 bits per heavy atom. The lowest BCUT2D eigenvalue weighted by molar-refractivity contribution is 0.0336. The number of aromatic nitrogens is 1. The molecule has 0 aliphatic heterocycles. The molecule has 0 aromatic carbocycles. The molecule has 5 heteroatoms. The number of aryl methyl sites for hydroxylation is 2. The van der Waals surface area contributed by atoms with Crippen LogP contribution in [0.5, 0.6) is 0 Å². The molecule has 0 radical (unpaired) electrons. The number of hydrogen-bond donors (Lipinski definition) is 2. The highest BCUT2D eigenvalue weighted by Gasteiger charge is 2.20. The Morgan fingerprint density at radius 3 is 2.53 bits per heavy atom. The average molecular weight is 257 g/mol. The molecule has 1 atom stereocenters. The lowest BCUT2D eigenvalue weighted by Gasteiger charge is -2.27. The van der Waals surface area contributed by atoms with E-state index in [0.29, 0.717) is 13.1 Å². The van der Waals surface area contributed by atoms with Crippen molar-refractivity contribution >= 4 is 11.3 Å². The molecule has 2 N–H and O–H groups in total. The fourth-order valence-electron chi connectivity index (χ4n) is 1.92. The van der Waals surface area contributed by atoms with Crippen molar-refractivity contribution in [3.05, 3.63) is 15.6 Å². The average Bonchev–Trinajstić information content (AvgIpc) is 2.42. The molecule has 1 unspecified atom stereocenters. The van der Waals surface area contributed by atoms with E-state index in [-0.39, 0.29) is 0 Å². The number of nitrogens with one attached hydrogen (secondary N) is 1. The van der Waals surface area contributed by atoms with Gasteiger partial charge in [0, 0.05) is 24.5 Å². The second kappa shape index (κ2) is 5.91. The smallest absolute Gasteiger partial charge is 0.0900 e. The first-order valence-electron chi connectivity index (χ1n) is 5.81. The van der Waals surface area contributed by atoms with Gasteiger partial charge >= 0.3 is 0 Å². The molecular weight excluding hydrogens is 234 g/mol. The minimum absolute atomic E-state index is 0.585. The Kier molecular flexibility index (Phi) is 5.06. The van der Waals surface area contributed by atoms with E-state index < -0.39 is 5.60 Å². The zero-order chi connectivity index (χ0) is 13.1. The third kappa shape index (κ3) is 5.12. The molecule has 0 spiro atoms. The van der Waals surface area contributed by atoms with Crippen molar-refractivity contribution in [3.8, 4) is 0 Å². The van der Waals surface area contributed by atoms with Crippen molar-refractivity contribution in [2.45, 2.75) is 32.9 Å². The van der Waals surface area contributed by atoms with Gasteiger partial charge in [-0.1, -0.05) is 0 Å². The quantitative estimate of drug-likeness (QED) is 0.803. The summed E-state index contributed by atoms with van der Waals surface area (Å²) in [6.07, 6.45) is 0. The summed E-state index contributed by atoms with van der Waals surface area (Å²) in [4.78, 5) is 7.63. The standard InChI is InChI=1S/C12H23N3OS/c1-9-11(17-10(2)14-9)6-13-7-12(3,16)8-15(4)5/h13,16H,6-8H2,1-5H3. The van der Waals surface area contributed by atoms with Crippen LogP contribution < -0.4 is 5.32 Å². The van der Waals surface area contributed by atoms with E-state index in [1.54, 1.807) is 11.3 Å². The van der Waals surface area contributed by atoms with Crippen molar-refractivity contribution in [3.63, 3.8) is 0 Å². The summed E-state index contributed by atoms with van der Waals surface area (Å²) in [6.45, 7) is 7.91. The summed E-state index contributed by atoms with van der Waals surface area (Å²) in [7, 11) is 3.93. The molecular formula is C12H23N3OS. The number of hydrogen-bond acceptors (Lipinski definition) is 5. The molecule has 0 saturated carbocycles. The van der Waals surface area contributed by atoms with Gasteiger partial charge in [-0.05, 0) is 34.9 Å². The molecule has 1 aromatic rings. The Balaban J connectivity index is 2.39. The molecule has 0 fully saturated rings. The van der Waals surface area contributed by atoms with Crippen LogP contribution in [0.2, 0.25) is 0 Å². The minimum Gasteiger partial charge on any atom is -0.388 e. The van der Waals surface area contributed by atoms with Crippen LogP contribution >= 0.6 is 11.3 Å². The Bertz CT molecular complexity index is 361. The van der Waals surface area contributed by atoms with Crippen LogP contribution in [0.1, 0.15) is 22.5 Å². The van der Waals surface area contributed by atoms with E-state index in [4.69, 9.17) is 0 Å². The third-order valence-corrected chi connectivity index (χ3v) is 3.52. The Morgan fingerprint density at radius 1 is 1.41 bits per heavy atom. The number of aliphatic hydroxyl groups is 1. The molecule has 0 amide bonds. The summed E-state index contributed by atoms with van der Waals surface area (Å²) < 4.78 is 0. The van der Waals surface area contributed by atoms with Crippen molar-refractivity contribution in [1.82, 2.24) is 15.2 Å². The molecule has 17 heavy (non-hydrogen) atoms. The highest BCUT2D eigenvalue weighted by atomic mass is 32.1. The normalized spacial score (nSPS) is 15.2. The van der Waals surface area contributed by atoms with Crippen LogP contribution in [0.15, 0.2) is 0 Å². The van der Waals surface area contributed by atoms with Gasteiger partial charge in [-0.2, -0.15) is 0 Å². The zero-order valence-corrected chi connectivity index (χ0v) is 12.2. The van der Waals surface area contributed by atoms with Gasteiger partial charge in [-0.15, -0.1) is 11.3 Å². The number of thiazole rings is 1. The summed E-state index contributed by atoms with van der Waals surface area (Å²) in [5, 5.41) is 14.5. The fourth-order valence-corrected chi connectivity index (χ4v) is 2.83. The third-order valence-electron chi connectivity index (χ3n) is 2.45. The van der Waals surface area contributed by atoms with Crippen LogP contribution in [0.25, 0.3) is 0 Å². The first kappa shape index (κ1) is 14.6.